The Balaban J connectivity index is 0.000000172. The van der Waals surface area contributed by atoms with Crippen molar-refractivity contribution in [3.05, 3.63) is 106 Å². The second-order valence-corrected chi connectivity index (χ2v) is 7.82. The van der Waals surface area contributed by atoms with Gasteiger partial charge < -0.3 is 0 Å². The van der Waals surface area contributed by atoms with E-state index in [-0.39, 0.29) is 0 Å². The van der Waals surface area contributed by atoms with Crippen LogP contribution in [0.3, 0.4) is 0 Å². The van der Waals surface area contributed by atoms with Gasteiger partial charge in [0.15, 0.2) is 0 Å². The van der Waals surface area contributed by atoms with Crippen LogP contribution in [0.1, 0.15) is 33.6 Å². The molecule has 0 spiro atoms. The lowest BCUT2D eigenvalue weighted by atomic mass is 9.98. The molecule has 30 heavy (non-hydrogen) atoms. The summed E-state index contributed by atoms with van der Waals surface area (Å²) in [4.78, 5) is 9.21. The third-order valence-electron chi connectivity index (χ3n) is 5.52. The molecule has 0 aliphatic heterocycles. The molecule has 0 unspecified atom stereocenters. The van der Waals surface area contributed by atoms with Crippen LogP contribution in [0.4, 0.5) is 0 Å². The van der Waals surface area contributed by atoms with Crippen LogP contribution in [0.5, 0.6) is 0 Å². The van der Waals surface area contributed by atoms with Crippen molar-refractivity contribution in [1.82, 2.24) is 9.97 Å². The normalized spacial score (nSPS) is 10.3. The van der Waals surface area contributed by atoms with Crippen molar-refractivity contribution in [2.24, 2.45) is 0 Å². The first-order valence-corrected chi connectivity index (χ1v) is 10.4. The highest BCUT2D eigenvalue weighted by Crippen LogP contribution is 2.26. The molecule has 2 aromatic heterocycles. The van der Waals surface area contributed by atoms with Gasteiger partial charge in [-0.1, -0.05) is 60.7 Å². The third kappa shape index (κ3) is 5.01. The fourth-order valence-electron chi connectivity index (χ4n) is 3.54. The van der Waals surface area contributed by atoms with Gasteiger partial charge in [0.1, 0.15) is 0 Å². The van der Waals surface area contributed by atoms with Gasteiger partial charge in [-0.3, -0.25) is 9.97 Å². The second kappa shape index (κ2) is 9.49. The van der Waals surface area contributed by atoms with Crippen LogP contribution in [0.25, 0.3) is 22.5 Å². The van der Waals surface area contributed by atoms with Crippen molar-refractivity contribution in [1.29, 1.82) is 0 Å². The van der Waals surface area contributed by atoms with E-state index in [0.717, 1.165) is 22.8 Å². The second-order valence-electron chi connectivity index (χ2n) is 7.82. The SMILES string of the molecule is Cc1cc(C)nc(-c2ccccc2)c1.Cc1nc(-c2ccccc2)c(C)c(C)c1C. The molecule has 2 heterocycles. The molecular weight excluding hydrogens is 364 g/mol. The zero-order valence-corrected chi connectivity index (χ0v) is 18.8. The largest absolute Gasteiger partial charge is 0.253 e. The number of rotatable bonds is 2. The molecular formula is C28H30N2. The highest BCUT2D eigenvalue weighted by atomic mass is 14.7. The van der Waals surface area contributed by atoms with Crippen molar-refractivity contribution >= 4 is 0 Å². The van der Waals surface area contributed by atoms with Gasteiger partial charge in [-0.25, -0.2) is 0 Å². The summed E-state index contributed by atoms with van der Waals surface area (Å²) in [5, 5.41) is 0. The summed E-state index contributed by atoms with van der Waals surface area (Å²) in [7, 11) is 0. The Hall–Kier alpha value is -3.26. The molecule has 0 amide bonds. The van der Waals surface area contributed by atoms with Crippen molar-refractivity contribution in [2.75, 3.05) is 0 Å². The first-order chi connectivity index (χ1) is 14.4. The number of hydrogen-bond acceptors (Lipinski definition) is 2. The molecule has 152 valence electrons. The highest BCUT2D eigenvalue weighted by Gasteiger charge is 2.09. The molecule has 0 aliphatic carbocycles. The molecule has 0 saturated carbocycles. The molecule has 0 N–H and O–H groups in total. The summed E-state index contributed by atoms with van der Waals surface area (Å²) in [5.74, 6) is 0. The zero-order valence-electron chi connectivity index (χ0n) is 18.8. The summed E-state index contributed by atoms with van der Waals surface area (Å²) < 4.78 is 0. The van der Waals surface area contributed by atoms with Gasteiger partial charge in [0, 0.05) is 22.5 Å². The smallest absolute Gasteiger partial charge is 0.0737 e. The number of aromatic nitrogens is 2. The minimum Gasteiger partial charge on any atom is -0.253 e. The summed E-state index contributed by atoms with van der Waals surface area (Å²) >= 11 is 0. The number of aryl methyl sites for hydroxylation is 3. The van der Waals surface area contributed by atoms with E-state index in [0.29, 0.717) is 0 Å². The van der Waals surface area contributed by atoms with Crippen LogP contribution in [0, 0.1) is 41.5 Å². The van der Waals surface area contributed by atoms with Gasteiger partial charge >= 0.3 is 0 Å². The van der Waals surface area contributed by atoms with Crippen molar-refractivity contribution < 1.29 is 0 Å². The van der Waals surface area contributed by atoms with Crippen molar-refractivity contribution in [3.8, 4) is 22.5 Å². The first kappa shape index (κ1) is 21.4. The molecule has 0 saturated heterocycles. The Kier molecular flexibility index (Phi) is 6.79. The van der Waals surface area contributed by atoms with E-state index in [9.17, 15) is 0 Å². The molecule has 0 atom stereocenters. The van der Waals surface area contributed by atoms with E-state index in [2.05, 4.69) is 88.1 Å². The minimum atomic E-state index is 1.06. The number of pyridine rings is 2. The fourth-order valence-corrected chi connectivity index (χ4v) is 3.54. The third-order valence-corrected chi connectivity index (χ3v) is 5.52. The number of nitrogens with zero attached hydrogens (tertiary/aromatic N) is 2. The Labute approximate surface area is 180 Å². The summed E-state index contributed by atoms with van der Waals surface area (Å²) in [5.41, 5.74) is 12.0. The maximum atomic E-state index is 4.70. The van der Waals surface area contributed by atoms with Gasteiger partial charge in [0.2, 0.25) is 0 Å². The van der Waals surface area contributed by atoms with Crippen LogP contribution in [-0.2, 0) is 0 Å². The van der Waals surface area contributed by atoms with Crippen molar-refractivity contribution in [2.45, 2.75) is 41.5 Å². The quantitative estimate of drug-likeness (QED) is 0.355. The molecule has 0 aliphatic rings. The fraction of sp³-hybridized carbons (Fsp3) is 0.214. The molecule has 4 aromatic rings. The average molecular weight is 395 g/mol. The molecule has 2 aromatic carbocycles. The Morgan fingerprint density at radius 2 is 1.10 bits per heavy atom. The van der Waals surface area contributed by atoms with Crippen LogP contribution >= 0.6 is 0 Å². The van der Waals surface area contributed by atoms with Gasteiger partial charge in [-0.2, -0.15) is 0 Å². The summed E-state index contributed by atoms with van der Waals surface area (Å²) in [6, 6.07) is 24.8. The van der Waals surface area contributed by atoms with Crippen LogP contribution < -0.4 is 0 Å². The van der Waals surface area contributed by atoms with E-state index in [1.165, 1.54) is 33.4 Å². The van der Waals surface area contributed by atoms with Gasteiger partial charge in [0.25, 0.3) is 0 Å². The molecule has 2 heteroatoms. The lowest BCUT2D eigenvalue weighted by Gasteiger charge is -2.13. The van der Waals surface area contributed by atoms with Gasteiger partial charge in [-0.15, -0.1) is 0 Å². The van der Waals surface area contributed by atoms with Gasteiger partial charge in [-0.05, 0) is 75.9 Å². The monoisotopic (exact) mass is 394 g/mol. The molecule has 4 rings (SSSR count). The number of benzene rings is 2. The predicted molar refractivity (Wildman–Crippen MR) is 128 cm³/mol. The highest BCUT2D eigenvalue weighted by molar-refractivity contribution is 5.65. The predicted octanol–water partition coefficient (Wildman–Crippen LogP) is 7.35. The van der Waals surface area contributed by atoms with Crippen LogP contribution in [0.15, 0.2) is 72.8 Å². The van der Waals surface area contributed by atoms with E-state index in [1.54, 1.807) is 0 Å². The lowest BCUT2D eigenvalue weighted by Crippen LogP contribution is -1.98. The van der Waals surface area contributed by atoms with Crippen LogP contribution in [-0.4, -0.2) is 9.97 Å². The Bertz CT molecular complexity index is 1110. The van der Waals surface area contributed by atoms with Gasteiger partial charge in [0.05, 0.1) is 11.4 Å². The zero-order chi connectivity index (χ0) is 21.7. The molecule has 0 radical (unpaired) electrons. The van der Waals surface area contributed by atoms with E-state index >= 15 is 0 Å². The van der Waals surface area contributed by atoms with Crippen LogP contribution in [0.2, 0.25) is 0 Å². The molecule has 0 fully saturated rings. The number of hydrogen-bond donors (Lipinski definition) is 0. The standard InChI is InChI=1S/C15H17N.C13H13N/c1-10-11(2)13(4)16-15(12(10)3)14-8-6-5-7-9-14;1-10-8-11(2)14-13(9-10)12-6-4-3-5-7-12/h5-9H,1-4H3;3-9H,1-2H3. The van der Waals surface area contributed by atoms with E-state index in [1.807, 2.05) is 31.2 Å². The molecule has 0 bridgehead atoms. The van der Waals surface area contributed by atoms with E-state index in [4.69, 9.17) is 4.98 Å². The summed E-state index contributed by atoms with van der Waals surface area (Å²) in [6.45, 7) is 12.7. The topological polar surface area (TPSA) is 25.8 Å². The maximum Gasteiger partial charge on any atom is 0.0737 e. The summed E-state index contributed by atoms with van der Waals surface area (Å²) in [6.07, 6.45) is 0. The molecule has 2 nitrogen and oxygen atoms in total. The average Bonchev–Trinajstić information content (AvgIpc) is 2.76. The first-order valence-electron chi connectivity index (χ1n) is 10.4. The van der Waals surface area contributed by atoms with E-state index < -0.39 is 0 Å². The Morgan fingerprint density at radius 3 is 1.67 bits per heavy atom. The maximum absolute atomic E-state index is 4.70. The van der Waals surface area contributed by atoms with Crippen molar-refractivity contribution in [3.63, 3.8) is 0 Å². The minimum absolute atomic E-state index is 1.06. The lowest BCUT2D eigenvalue weighted by molar-refractivity contribution is 1.09. The Morgan fingerprint density at radius 1 is 0.533 bits per heavy atom.